The van der Waals surface area contributed by atoms with Crippen LogP contribution >= 0.6 is 0 Å². The van der Waals surface area contributed by atoms with Crippen molar-refractivity contribution in [1.29, 1.82) is 0 Å². The van der Waals surface area contributed by atoms with Gasteiger partial charge in [-0.2, -0.15) is 0 Å². The molecule has 5 heteroatoms. The van der Waals surface area contributed by atoms with E-state index in [1.54, 1.807) is 11.0 Å². The molecule has 0 bridgehead atoms. The van der Waals surface area contributed by atoms with Crippen LogP contribution in [0.15, 0.2) is 28.3 Å². The van der Waals surface area contributed by atoms with Gasteiger partial charge in [-0.3, -0.25) is 4.79 Å². The number of amides is 1. The number of hydrogen-bond donors (Lipinski definition) is 0. The Morgan fingerprint density at radius 3 is 2.83 bits per heavy atom. The zero-order chi connectivity index (χ0) is 17.2. The molecule has 1 fully saturated rings. The van der Waals surface area contributed by atoms with Crippen molar-refractivity contribution in [2.75, 3.05) is 26.3 Å². The number of ether oxygens (including phenoxy) is 1. The van der Waals surface area contributed by atoms with Gasteiger partial charge in [0.15, 0.2) is 11.5 Å². The Bertz CT molecular complexity index is 651. The number of carbonyl (C=O) groups excluding carboxylic acids is 1. The average Bonchev–Trinajstić information content (AvgIpc) is 3.03. The highest BCUT2D eigenvalue weighted by Crippen LogP contribution is 2.41. The van der Waals surface area contributed by atoms with Crippen LogP contribution < -0.4 is 0 Å². The number of morpholine rings is 1. The van der Waals surface area contributed by atoms with Gasteiger partial charge in [-0.25, -0.2) is 0 Å². The molecule has 5 nitrogen and oxygen atoms in total. The van der Waals surface area contributed by atoms with Crippen LogP contribution in [0.3, 0.4) is 0 Å². The van der Waals surface area contributed by atoms with E-state index >= 15 is 0 Å². The third-order valence-corrected chi connectivity index (χ3v) is 5.09. The van der Waals surface area contributed by atoms with E-state index in [1.165, 1.54) is 12.0 Å². The lowest BCUT2D eigenvalue weighted by Crippen LogP contribution is -2.40. The predicted octanol–water partition coefficient (Wildman–Crippen LogP) is 3.54. The molecular weight excluding hydrogens is 304 g/mol. The van der Waals surface area contributed by atoms with Crippen LogP contribution in [0.4, 0.5) is 0 Å². The van der Waals surface area contributed by atoms with Gasteiger partial charge in [0.1, 0.15) is 0 Å². The summed E-state index contributed by atoms with van der Waals surface area (Å²) in [5.41, 5.74) is 2.00. The molecule has 1 aromatic rings. The van der Waals surface area contributed by atoms with E-state index in [-0.39, 0.29) is 11.3 Å². The maximum absolute atomic E-state index is 12.4. The maximum Gasteiger partial charge on any atom is 0.276 e. The van der Waals surface area contributed by atoms with E-state index < -0.39 is 0 Å². The molecule has 0 N–H and O–H groups in total. The first-order chi connectivity index (χ1) is 11.5. The van der Waals surface area contributed by atoms with Gasteiger partial charge in [-0.05, 0) is 31.3 Å². The molecule has 1 aromatic heterocycles. The van der Waals surface area contributed by atoms with Crippen LogP contribution in [-0.4, -0.2) is 42.3 Å². The van der Waals surface area contributed by atoms with Crippen molar-refractivity contribution in [3.8, 4) is 0 Å². The lowest BCUT2D eigenvalue weighted by atomic mass is 9.68. The molecule has 1 saturated heterocycles. The molecule has 1 atom stereocenters. The zero-order valence-electron chi connectivity index (χ0n) is 14.7. The van der Waals surface area contributed by atoms with Crippen molar-refractivity contribution in [2.45, 2.75) is 33.6 Å². The van der Waals surface area contributed by atoms with E-state index in [2.05, 4.69) is 38.1 Å². The normalized spacial score (nSPS) is 24.2. The average molecular weight is 330 g/mol. The molecule has 24 heavy (non-hydrogen) atoms. The second kappa shape index (κ2) is 6.93. The van der Waals surface area contributed by atoms with Crippen LogP contribution in [0.5, 0.6) is 0 Å². The van der Waals surface area contributed by atoms with Gasteiger partial charge in [0, 0.05) is 25.1 Å². The highest BCUT2D eigenvalue weighted by Gasteiger charge is 2.31. The smallest absolute Gasteiger partial charge is 0.276 e. The number of hydrogen-bond acceptors (Lipinski definition) is 4. The molecule has 0 aromatic carbocycles. The topological polar surface area (TPSA) is 55.6 Å². The van der Waals surface area contributed by atoms with Gasteiger partial charge < -0.3 is 14.2 Å². The number of carbonyl (C=O) groups is 1. The lowest BCUT2D eigenvalue weighted by molar-refractivity contribution is 0.0296. The second-order valence-electron chi connectivity index (χ2n) is 7.33. The number of nitrogens with zero attached hydrogens (tertiary/aromatic N) is 2. The molecule has 0 radical (unpaired) electrons. The van der Waals surface area contributed by atoms with Gasteiger partial charge in [0.25, 0.3) is 5.91 Å². The molecule has 1 unspecified atom stereocenters. The van der Waals surface area contributed by atoms with E-state index in [0.717, 1.165) is 6.42 Å². The maximum atomic E-state index is 12.4. The van der Waals surface area contributed by atoms with E-state index in [9.17, 15) is 4.79 Å². The molecule has 0 saturated carbocycles. The van der Waals surface area contributed by atoms with Crippen molar-refractivity contribution >= 4 is 12.0 Å². The Morgan fingerprint density at radius 2 is 2.12 bits per heavy atom. The van der Waals surface area contributed by atoms with Crippen LogP contribution in [-0.2, 0) is 4.74 Å². The fourth-order valence-electron chi connectivity index (χ4n) is 3.57. The van der Waals surface area contributed by atoms with Gasteiger partial charge >= 0.3 is 0 Å². The van der Waals surface area contributed by atoms with Crippen LogP contribution in [0.25, 0.3) is 6.08 Å². The zero-order valence-corrected chi connectivity index (χ0v) is 14.7. The fraction of sp³-hybridized carbons (Fsp3) is 0.579. The predicted molar refractivity (Wildman–Crippen MR) is 92.5 cm³/mol. The fourth-order valence-corrected chi connectivity index (χ4v) is 3.57. The lowest BCUT2D eigenvalue weighted by Gasteiger charge is -2.36. The van der Waals surface area contributed by atoms with Gasteiger partial charge in [-0.1, -0.05) is 36.7 Å². The molecule has 1 aliphatic heterocycles. The highest BCUT2D eigenvalue weighted by molar-refractivity contribution is 5.92. The molecule has 3 rings (SSSR count). The molecule has 130 valence electrons. The Balaban J connectivity index is 1.70. The van der Waals surface area contributed by atoms with Crippen molar-refractivity contribution in [3.63, 3.8) is 0 Å². The minimum atomic E-state index is -0.0872. The number of rotatable bonds is 3. The SMILES string of the molecule is CC1=CCCC(C)(C)C1/C=C/c1cc(C(=O)N2CCOCC2)no1. The molecule has 0 spiro atoms. The first kappa shape index (κ1) is 17.0. The summed E-state index contributed by atoms with van der Waals surface area (Å²) < 4.78 is 10.6. The van der Waals surface area contributed by atoms with Crippen LogP contribution in [0, 0.1) is 11.3 Å². The number of allylic oxidation sites excluding steroid dienone is 3. The largest absolute Gasteiger partial charge is 0.378 e. The minimum absolute atomic E-state index is 0.0872. The van der Waals surface area contributed by atoms with Gasteiger partial charge in [-0.15, -0.1) is 0 Å². The molecule has 2 heterocycles. The summed E-state index contributed by atoms with van der Waals surface area (Å²) in [6.45, 7) is 9.16. The van der Waals surface area contributed by atoms with Crippen molar-refractivity contribution in [2.24, 2.45) is 11.3 Å². The third kappa shape index (κ3) is 3.61. The van der Waals surface area contributed by atoms with Gasteiger partial charge in [0.05, 0.1) is 13.2 Å². The Hall–Kier alpha value is -1.88. The Kier molecular flexibility index (Phi) is 4.90. The van der Waals surface area contributed by atoms with E-state index in [0.29, 0.717) is 43.7 Å². The molecule has 2 aliphatic rings. The first-order valence-electron chi connectivity index (χ1n) is 8.66. The Morgan fingerprint density at radius 1 is 1.38 bits per heavy atom. The number of aromatic nitrogens is 1. The second-order valence-corrected chi connectivity index (χ2v) is 7.33. The van der Waals surface area contributed by atoms with Crippen molar-refractivity contribution in [1.82, 2.24) is 10.1 Å². The Labute approximate surface area is 143 Å². The first-order valence-corrected chi connectivity index (χ1v) is 8.66. The van der Waals surface area contributed by atoms with Gasteiger partial charge in [0.2, 0.25) is 0 Å². The summed E-state index contributed by atoms with van der Waals surface area (Å²) in [5, 5.41) is 3.94. The summed E-state index contributed by atoms with van der Waals surface area (Å²) in [4.78, 5) is 14.1. The summed E-state index contributed by atoms with van der Waals surface area (Å²) in [5.74, 6) is 0.923. The molecular formula is C19H26N2O3. The van der Waals surface area contributed by atoms with Crippen LogP contribution in [0.1, 0.15) is 49.9 Å². The third-order valence-electron chi connectivity index (χ3n) is 5.09. The van der Waals surface area contributed by atoms with E-state index in [1.807, 2.05) is 6.08 Å². The minimum Gasteiger partial charge on any atom is -0.378 e. The van der Waals surface area contributed by atoms with Crippen molar-refractivity contribution < 1.29 is 14.1 Å². The summed E-state index contributed by atoms with van der Waals surface area (Å²) in [7, 11) is 0. The van der Waals surface area contributed by atoms with E-state index in [4.69, 9.17) is 9.26 Å². The summed E-state index contributed by atoms with van der Waals surface area (Å²) in [6, 6.07) is 1.73. The summed E-state index contributed by atoms with van der Waals surface area (Å²) >= 11 is 0. The standard InChI is InChI=1S/C19H26N2O3/c1-14-5-4-8-19(2,3)16(14)7-6-15-13-17(20-24-15)18(22)21-9-11-23-12-10-21/h5-7,13,16H,4,8-12H2,1-3H3/b7-6+. The van der Waals surface area contributed by atoms with Crippen molar-refractivity contribution in [3.05, 3.63) is 35.2 Å². The summed E-state index contributed by atoms with van der Waals surface area (Å²) in [6.07, 6.45) is 8.75. The highest BCUT2D eigenvalue weighted by atomic mass is 16.5. The monoisotopic (exact) mass is 330 g/mol. The molecule has 1 aliphatic carbocycles. The quantitative estimate of drug-likeness (QED) is 0.796. The molecule has 1 amide bonds. The van der Waals surface area contributed by atoms with Crippen LogP contribution in [0.2, 0.25) is 0 Å².